The van der Waals surface area contributed by atoms with Crippen LogP contribution >= 0.6 is 0 Å². The van der Waals surface area contributed by atoms with Crippen molar-refractivity contribution in [3.8, 4) is 11.3 Å². The van der Waals surface area contributed by atoms with Crippen LogP contribution in [0, 0.1) is 0 Å². The first-order valence-corrected chi connectivity index (χ1v) is 8.90. The number of amides is 3. The second-order valence-corrected chi connectivity index (χ2v) is 7.14. The molecule has 1 spiro atoms. The van der Waals surface area contributed by atoms with E-state index in [2.05, 4.69) is 15.4 Å². The third-order valence-electron chi connectivity index (χ3n) is 5.04. The molecule has 27 heavy (non-hydrogen) atoms. The maximum Gasteiger partial charge on any atom is 0.410 e. The van der Waals surface area contributed by atoms with Crippen LogP contribution in [0.25, 0.3) is 11.3 Å². The van der Waals surface area contributed by atoms with Gasteiger partial charge in [0.05, 0.1) is 18.8 Å². The molecule has 3 amide bonds. The Labute approximate surface area is 156 Å². The molecule has 1 N–H and O–H groups in total. The summed E-state index contributed by atoms with van der Waals surface area (Å²) in [7, 11) is 3.49. The monoisotopic (exact) mass is 370 g/mol. The predicted octanol–water partition coefficient (Wildman–Crippen LogP) is 1.93. The zero-order valence-corrected chi connectivity index (χ0v) is 15.4. The Bertz CT molecular complexity index is 867. The molecule has 4 rings (SSSR count). The SMILES string of the molecule is CN1C[C@@]2(CCCN(C(=O)Nc3cc(-c4cccnc4)nn3C)C2)OC1=O. The van der Waals surface area contributed by atoms with E-state index in [9.17, 15) is 9.59 Å². The quantitative estimate of drug-likeness (QED) is 0.872. The molecule has 4 heterocycles. The molecule has 142 valence electrons. The highest BCUT2D eigenvalue weighted by Gasteiger charge is 2.47. The van der Waals surface area contributed by atoms with Crippen LogP contribution in [0.2, 0.25) is 0 Å². The third kappa shape index (κ3) is 3.32. The molecule has 2 aromatic rings. The highest BCUT2D eigenvalue weighted by atomic mass is 16.6. The average molecular weight is 370 g/mol. The molecule has 0 unspecified atom stereocenters. The molecule has 2 aliphatic rings. The van der Waals surface area contributed by atoms with E-state index >= 15 is 0 Å². The number of likely N-dealkylation sites (tertiary alicyclic amines) is 1. The fourth-order valence-corrected chi connectivity index (χ4v) is 3.70. The Morgan fingerprint density at radius 1 is 1.33 bits per heavy atom. The molecule has 1 atom stereocenters. The van der Waals surface area contributed by atoms with E-state index in [1.54, 1.807) is 41.0 Å². The minimum atomic E-state index is -0.602. The smallest absolute Gasteiger partial charge is 0.410 e. The van der Waals surface area contributed by atoms with Crippen molar-refractivity contribution in [2.45, 2.75) is 18.4 Å². The van der Waals surface area contributed by atoms with Crippen LogP contribution in [0.3, 0.4) is 0 Å². The fraction of sp³-hybridized carbons (Fsp3) is 0.444. The number of urea groups is 1. The number of ether oxygens (including phenoxy) is 1. The van der Waals surface area contributed by atoms with Crippen LogP contribution in [0.4, 0.5) is 15.4 Å². The number of carbonyl (C=O) groups excluding carboxylic acids is 2. The van der Waals surface area contributed by atoms with Gasteiger partial charge in [0.15, 0.2) is 0 Å². The van der Waals surface area contributed by atoms with Gasteiger partial charge >= 0.3 is 12.1 Å². The number of likely N-dealkylation sites (N-methyl/N-ethyl adjacent to an activating group) is 1. The number of nitrogens with zero attached hydrogens (tertiary/aromatic N) is 5. The normalized spacial score (nSPS) is 22.2. The van der Waals surface area contributed by atoms with Crippen molar-refractivity contribution in [2.75, 3.05) is 32.0 Å². The average Bonchev–Trinajstić information content (AvgIpc) is 3.15. The molecule has 2 fully saturated rings. The van der Waals surface area contributed by atoms with E-state index in [0.717, 1.165) is 24.1 Å². The van der Waals surface area contributed by atoms with Crippen molar-refractivity contribution in [1.29, 1.82) is 0 Å². The van der Waals surface area contributed by atoms with Crippen molar-refractivity contribution in [3.63, 3.8) is 0 Å². The zero-order chi connectivity index (χ0) is 19.0. The Morgan fingerprint density at radius 2 is 2.19 bits per heavy atom. The molecule has 2 aromatic heterocycles. The first kappa shape index (κ1) is 17.3. The number of piperidine rings is 1. The second-order valence-electron chi connectivity index (χ2n) is 7.14. The number of pyridine rings is 1. The van der Waals surface area contributed by atoms with Gasteiger partial charge in [-0.3, -0.25) is 15.0 Å². The van der Waals surface area contributed by atoms with E-state index < -0.39 is 5.60 Å². The lowest BCUT2D eigenvalue weighted by molar-refractivity contribution is 0.00495. The Balaban J connectivity index is 1.46. The summed E-state index contributed by atoms with van der Waals surface area (Å²) in [5.74, 6) is 0.596. The molecular weight excluding hydrogens is 348 g/mol. The van der Waals surface area contributed by atoms with Gasteiger partial charge in [0.2, 0.25) is 0 Å². The van der Waals surface area contributed by atoms with E-state index in [4.69, 9.17) is 4.74 Å². The van der Waals surface area contributed by atoms with Gasteiger partial charge in [-0.05, 0) is 25.0 Å². The van der Waals surface area contributed by atoms with Gasteiger partial charge in [-0.1, -0.05) is 0 Å². The van der Waals surface area contributed by atoms with Gasteiger partial charge in [0.1, 0.15) is 11.4 Å². The standard InChI is InChI=1S/C18H22N6O3/c1-22-11-18(27-17(22)26)6-4-8-24(12-18)16(25)20-15-9-14(21-23(15)2)13-5-3-7-19-10-13/h3,5,7,9-10H,4,6,8,11-12H2,1-2H3,(H,20,25)/t18-/m1/s1. The van der Waals surface area contributed by atoms with Crippen molar-refractivity contribution in [2.24, 2.45) is 7.05 Å². The van der Waals surface area contributed by atoms with Gasteiger partial charge in [-0.15, -0.1) is 0 Å². The van der Waals surface area contributed by atoms with Crippen LogP contribution in [-0.2, 0) is 11.8 Å². The molecule has 0 aromatic carbocycles. The summed E-state index contributed by atoms with van der Waals surface area (Å²) in [6.45, 7) is 1.52. The molecule has 2 aliphatic heterocycles. The molecule has 0 bridgehead atoms. The molecular formula is C18H22N6O3. The molecule has 9 heteroatoms. The van der Waals surface area contributed by atoms with Crippen molar-refractivity contribution in [1.82, 2.24) is 24.6 Å². The third-order valence-corrected chi connectivity index (χ3v) is 5.04. The number of anilines is 1. The van der Waals surface area contributed by atoms with Gasteiger partial charge in [0.25, 0.3) is 0 Å². The van der Waals surface area contributed by atoms with Crippen LogP contribution < -0.4 is 5.32 Å². The highest BCUT2D eigenvalue weighted by Crippen LogP contribution is 2.31. The topological polar surface area (TPSA) is 92.6 Å². The molecule has 9 nitrogen and oxygen atoms in total. The molecule has 0 radical (unpaired) electrons. The Kier molecular flexibility index (Phi) is 4.21. The molecule has 0 aliphatic carbocycles. The summed E-state index contributed by atoms with van der Waals surface area (Å²) in [6, 6.07) is 5.36. The number of hydrogen-bond donors (Lipinski definition) is 1. The molecule has 0 saturated carbocycles. The summed E-state index contributed by atoms with van der Waals surface area (Å²) in [6.07, 6.45) is 4.66. The van der Waals surface area contributed by atoms with Gasteiger partial charge in [-0.25, -0.2) is 9.59 Å². The summed E-state index contributed by atoms with van der Waals surface area (Å²) >= 11 is 0. The maximum absolute atomic E-state index is 12.8. The first-order valence-electron chi connectivity index (χ1n) is 8.90. The largest absolute Gasteiger partial charge is 0.439 e. The van der Waals surface area contributed by atoms with Gasteiger partial charge in [-0.2, -0.15) is 5.10 Å². The minimum absolute atomic E-state index is 0.222. The summed E-state index contributed by atoms with van der Waals surface area (Å²) in [5, 5.41) is 7.35. The van der Waals surface area contributed by atoms with Crippen LogP contribution in [0.15, 0.2) is 30.6 Å². The van der Waals surface area contributed by atoms with Crippen molar-refractivity contribution >= 4 is 17.9 Å². The summed E-state index contributed by atoms with van der Waals surface area (Å²) in [4.78, 5) is 31.9. The van der Waals surface area contributed by atoms with Gasteiger partial charge < -0.3 is 14.5 Å². The fourth-order valence-electron chi connectivity index (χ4n) is 3.70. The highest BCUT2D eigenvalue weighted by molar-refractivity contribution is 5.89. The first-order chi connectivity index (χ1) is 13.0. The van der Waals surface area contributed by atoms with E-state index in [-0.39, 0.29) is 12.1 Å². The van der Waals surface area contributed by atoms with E-state index in [1.165, 1.54) is 0 Å². The van der Waals surface area contributed by atoms with Crippen molar-refractivity contribution < 1.29 is 14.3 Å². The summed E-state index contributed by atoms with van der Waals surface area (Å²) in [5.41, 5.74) is 1.02. The van der Waals surface area contributed by atoms with Crippen LogP contribution in [0.5, 0.6) is 0 Å². The number of rotatable bonds is 2. The number of hydrogen-bond acceptors (Lipinski definition) is 5. The maximum atomic E-state index is 12.8. The second kappa shape index (κ2) is 6.57. The van der Waals surface area contributed by atoms with E-state index in [1.807, 2.05) is 18.2 Å². The zero-order valence-electron chi connectivity index (χ0n) is 15.4. The predicted molar refractivity (Wildman–Crippen MR) is 98.1 cm³/mol. The Hall–Kier alpha value is -3.10. The number of nitrogens with one attached hydrogen (secondary N) is 1. The Morgan fingerprint density at radius 3 is 2.89 bits per heavy atom. The molecule has 2 saturated heterocycles. The number of carbonyl (C=O) groups is 2. The lowest BCUT2D eigenvalue weighted by Gasteiger charge is -2.38. The van der Waals surface area contributed by atoms with Crippen LogP contribution in [-0.4, -0.2) is 69.0 Å². The van der Waals surface area contributed by atoms with E-state index in [0.29, 0.717) is 25.5 Å². The number of aryl methyl sites for hydroxylation is 1. The lowest BCUT2D eigenvalue weighted by atomic mass is 9.93. The summed E-state index contributed by atoms with van der Waals surface area (Å²) < 4.78 is 7.19. The van der Waals surface area contributed by atoms with Crippen molar-refractivity contribution in [3.05, 3.63) is 30.6 Å². The lowest BCUT2D eigenvalue weighted by Crippen LogP contribution is -2.53. The van der Waals surface area contributed by atoms with Gasteiger partial charge in [0, 0.05) is 44.7 Å². The van der Waals surface area contributed by atoms with Crippen LogP contribution in [0.1, 0.15) is 12.8 Å². The number of aromatic nitrogens is 3. The minimum Gasteiger partial charge on any atom is -0.439 e.